The number of methoxy groups -OCH3 is 3. The van der Waals surface area contributed by atoms with Crippen LogP contribution in [0.1, 0.15) is 54.3 Å². The van der Waals surface area contributed by atoms with E-state index in [0.717, 1.165) is 78.2 Å². The Labute approximate surface area is 549 Å². The normalized spacial score (nSPS) is 12.7. The van der Waals surface area contributed by atoms with E-state index in [9.17, 15) is 37.2 Å². The minimum atomic E-state index is -3.61. The fourth-order valence-corrected chi connectivity index (χ4v) is 13.3. The smallest absolute Gasteiger partial charge is 0.305 e. The van der Waals surface area contributed by atoms with E-state index in [4.69, 9.17) is 30.9 Å². The fraction of sp³-hybridized carbons (Fsp3) is 0.343. The molecule has 0 bridgehead atoms. The molecule has 27 heteroatoms. The van der Waals surface area contributed by atoms with Crippen molar-refractivity contribution in [2.45, 2.75) is 24.3 Å². The van der Waals surface area contributed by atoms with Gasteiger partial charge in [0.2, 0.25) is 10.0 Å². The van der Waals surface area contributed by atoms with Crippen LogP contribution >= 0.6 is 11.7 Å². The number of carbonyl (C=O) groups excluding carboxylic acids is 4. The number of aliphatic carboxylic acids is 1. The van der Waals surface area contributed by atoms with E-state index in [0.29, 0.717) is 102 Å². The number of pyridine rings is 1. The number of ether oxygens (including phenoxy) is 3. The number of aromatic nitrogens is 3. The molecule has 0 unspecified atom stereocenters. The zero-order valence-corrected chi connectivity index (χ0v) is 56.1. The molecule has 2 aromatic heterocycles. The number of rotatable bonds is 24. The highest BCUT2D eigenvalue weighted by molar-refractivity contribution is 7.89. The molecule has 498 valence electrons. The van der Waals surface area contributed by atoms with Crippen LogP contribution in [0.25, 0.3) is 60.7 Å². The number of carbonyl (C=O) groups is 5. The molecule has 2 aliphatic rings. The van der Waals surface area contributed by atoms with Gasteiger partial charge in [0.05, 0.1) is 56.8 Å². The summed E-state index contributed by atoms with van der Waals surface area (Å²) >= 11 is 1.01. The maximum atomic E-state index is 12.8. The number of fused-ring (bicyclic) bond motifs is 1. The molecule has 5 N–H and O–H groups in total. The van der Waals surface area contributed by atoms with Crippen LogP contribution in [0.15, 0.2) is 113 Å². The highest BCUT2D eigenvalue weighted by atomic mass is 32.2. The van der Waals surface area contributed by atoms with Crippen molar-refractivity contribution in [1.29, 1.82) is 0 Å². The van der Waals surface area contributed by atoms with Crippen LogP contribution in [0.5, 0.6) is 0 Å². The van der Waals surface area contributed by atoms with E-state index < -0.39 is 27.8 Å². The van der Waals surface area contributed by atoms with Crippen LogP contribution in [0, 0.1) is 0 Å². The van der Waals surface area contributed by atoms with Gasteiger partial charge in [0.25, 0.3) is 29.2 Å². The van der Waals surface area contributed by atoms with Crippen LogP contribution in [0.4, 0.5) is 22.7 Å². The van der Waals surface area contributed by atoms with Gasteiger partial charge in [-0.2, -0.15) is 13.1 Å². The molecule has 0 spiro atoms. The number of carboxylic acids is 1. The molecule has 25 nitrogen and oxygen atoms in total. The molecule has 0 saturated carbocycles. The van der Waals surface area contributed by atoms with Crippen molar-refractivity contribution in [3.63, 3.8) is 0 Å². The Morgan fingerprint density at radius 1 is 0.553 bits per heavy atom. The molecule has 0 atom stereocenters. The SMILES string of the molecule is C=c1c2ccc(N(C)C)c3cccc(c(=O)n1CCON)c32.COCCN(C)S(=O)(=O)c1ccc(N(C)C)c2nsnc12.COCCN(C)c1ccc2c3c(cccc13)C(=O)N(CCC(=O)O)C2=O.COCCN(C)c1ccc2c3c(cccc13)C(=O)N(CCCN)C2=O. The molecule has 2 aliphatic heterocycles. The average Bonchev–Trinajstić information content (AvgIpc) is 0.928. The molecule has 94 heavy (non-hydrogen) atoms. The van der Waals surface area contributed by atoms with E-state index >= 15 is 0 Å². The number of benzene rings is 7. The van der Waals surface area contributed by atoms with Crippen LogP contribution < -0.4 is 42.1 Å². The third kappa shape index (κ3) is 14.5. The van der Waals surface area contributed by atoms with Crippen LogP contribution in [0.3, 0.4) is 0 Å². The number of sulfonamides is 1. The third-order valence-corrected chi connectivity index (χ3v) is 18.8. The molecule has 0 fully saturated rings. The van der Waals surface area contributed by atoms with Gasteiger partial charge in [-0.1, -0.05) is 49.0 Å². The summed E-state index contributed by atoms with van der Waals surface area (Å²) in [5.41, 5.74) is 12.3. The number of carboxylic acid groups (broad SMARTS) is 1. The largest absolute Gasteiger partial charge is 0.481 e. The monoisotopic (exact) mass is 1320 g/mol. The second kappa shape index (κ2) is 31.3. The molecule has 7 aromatic carbocycles. The number of amides is 4. The predicted molar refractivity (Wildman–Crippen MR) is 369 cm³/mol. The molecule has 0 radical (unpaired) electrons. The summed E-state index contributed by atoms with van der Waals surface area (Å²) in [5, 5.41) is 16.3. The lowest BCUT2D eigenvalue weighted by molar-refractivity contribution is -0.137. The van der Waals surface area contributed by atoms with Gasteiger partial charge in [-0.15, -0.1) is 0 Å². The lowest BCUT2D eigenvalue weighted by Crippen LogP contribution is -2.41. The van der Waals surface area contributed by atoms with Gasteiger partial charge >= 0.3 is 5.97 Å². The number of anilines is 4. The standard InChI is InChI=1S/C19H23N3O3.C19H20N2O5.C17H19N3O2.C12H18N4O3S2/c1-21(11-12-25-2)16-8-7-15-17-13(16)5-3-6-14(17)18(23)22(19(15)24)10-4-9-20;1-20(10-11-26-2)15-7-6-14-17-12(15)4-3-5-13(17)18(24)21(19(14)25)9-8-16(22)23;1-11-12-7-8-15(19(2)3)13-5-4-6-14(16(12)13)17(21)20(11)9-10-22-18;1-15(2)9-5-6-10(12-11(9)13-20-14-12)21(17,18)16(3)7-8-19-4/h3,5-8H,4,9-12,20H2,1-2H3;3-7H,8-11H2,1-2H3,(H,22,23);4-8H,1,9-10,18H2,2-3H3;5-6H,7-8H2,1-4H3. The van der Waals surface area contributed by atoms with Crippen molar-refractivity contribution in [3.05, 3.63) is 141 Å². The van der Waals surface area contributed by atoms with Crippen molar-refractivity contribution < 1.29 is 56.5 Å². The highest BCUT2D eigenvalue weighted by Gasteiger charge is 2.35. The number of likely N-dealkylation sites (N-methyl/N-ethyl adjacent to an activating group) is 3. The minimum absolute atomic E-state index is 0.0592. The van der Waals surface area contributed by atoms with Gasteiger partial charge in [-0.05, 0) is 73.6 Å². The van der Waals surface area contributed by atoms with Crippen LogP contribution in [-0.2, 0) is 40.4 Å². The lowest BCUT2D eigenvalue weighted by Gasteiger charge is -2.29. The maximum Gasteiger partial charge on any atom is 0.305 e. The predicted octanol–water partition coefficient (Wildman–Crippen LogP) is 6.12. The van der Waals surface area contributed by atoms with E-state index in [2.05, 4.69) is 31.1 Å². The average molecular weight is 1330 g/mol. The van der Waals surface area contributed by atoms with Crippen LogP contribution in [-0.4, -0.2) is 207 Å². The molecule has 4 amide bonds. The first-order chi connectivity index (χ1) is 45.0. The number of nitrogens with zero attached hydrogens (tertiary/aromatic N) is 10. The topological polar surface area (TPSA) is 299 Å². The zero-order chi connectivity index (χ0) is 68.3. The quantitative estimate of drug-likeness (QED) is 0.0453. The van der Waals surface area contributed by atoms with Gasteiger partial charge in [0, 0.05) is 191 Å². The Morgan fingerprint density at radius 2 is 1.01 bits per heavy atom. The summed E-state index contributed by atoms with van der Waals surface area (Å²) in [4.78, 5) is 89.8. The molecule has 11 rings (SSSR count). The van der Waals surface area contributed by atoms with Gasteiger partial charge in [0.1, 0.15) is 15.9 Å². The summed E-state index contributed by atoms with van der Waals surface area (Å²) in [6, 6.07) is 31.5. The minimum Gasteiger partial charge on any atom is -0.481 e. The molecule has 9 aromatic rings. The third-order valence-electron chi connectivity index (χ3n) is 16.3. The summed E-state index contributed by atoms with van der Waals surface area (Å²) in [7, 11) is 14.4. The van der Waals surface area contributed by atoms with E-state index in [-0.39, 0.29) is 48.4 Å². The Kier molecular flexibility index (Phi) is 23.6. The molecule has 0 saturated heterocycles. The van der Waals surface area contributed by atoms with E-state index in [1.54, 1.807) is 55.2 Å². The zero-order valence-electron chi connectivity index (χ0n) is 54.5. The summed E-state index contributed by atoms with van der Waals surface area (Å²) < 4.78 is 51.7. The number of hydrogen-bond acceptors (Lipinski definition) is 21. The van der Waals surface area contributed by atoms with Crippen molar-refractivity contribution in [2.75, 3.05) is 156 Å². The first-order valence-corrected chi connectivity index (χ1v) is 32.3. The highest BCUT2D eigenvalue weighted by Crippen LogP contribution is 2.38. The van der Waals surface area contributed by atoms with E-state index in [1.807, 2.05) is 118 Å². The van der Waals surface area contributed by atoms with Crippen molar-refractivity contribution in [2.24, 2.45) is 11.6 Å². The Bertz CT molecular complexity index is 4450. The Morgan fingerprint density at radius 3 is 1.51 bits per heavy atom. The first kappa shape index (κ1) is 70.8. The second-order valence-corrected chi connectivity index (χ2v) is 25.2. The Hall–Kier alpha value is -9.03. The van der Waals surface area contributed by atoms with Gasteiger partial charge < -0.3 is 54.1 Å². The molecular formula is C67H80N12O13S2. The first-order valence-electron chi connectivity index (χ1n) is 30.1. The number of nitrogens with two attached hydrogens (primary N) is 2. The van der Waals surface area contributed by atoms with Crippen molar-refractivity contribution in [3.8, 4) is 0 Å². The molecular weight excluding hydrogens is 1240 g/mol. The Balaban J connectivity index is 0.000000161. The number of imide groups is 2. The summed E-state index contributed by atoms with van der Waals surface area (Å²) in [6.45, 7) is 8.57. The summed E-state index contributed by atoms with van der Waals surface area (Å²) in [6.07, 6.45) is 0.321. The molecule has 4 heterocycles. The lowest BCUT2D eigenvalue weighted by atomic mass is 9.92. The fourth-order valence-electron chi connectivity index (χ4n) is 11.4. The van der Waals surface area contributed by atoms with Crippen LogP contribution in [0.2, 0.25) is 0 Å². The summed E-state index contributed by atoms with van der Waals surface area (Å²) in [5.74, 6) is 2.65. The van der Waals surface area contributed by atoms with Crippen molar-refractivity contribution >= 4 is 135 Å². The second-order valence-electron chi connectivity index (χ2n) is 22.6. The number of hydrogen-bond donors (Lipinski definition) is 3. The van der Waals surface area contributed by atoms with Gasteiger partial charge in [-0.3, -0.25) is 38.6 Å². The van der Waals surface area contributed by atoms with Gasteiger partial charge in [-0.25, -0.2) is 14.3 Å². The van der Waals surface area contributed by atoms with Gasteiger partial charge in [0.15, 0.2) is 0 Å². The maximum absolute atomic E-state index is 12.8. The van der Waals surface area contributed by atoms with E-state index in [1.165, 1.54) is 23.4 Å². The molecule has 0 aliphatic carbocycles. The van der Waals surface area contributed by atoms with Crippen molar-refractivity contribution in [1.82, 2.24) is 27.4 Å².